The van der Waals surface area contributed by atoms with Crippen LogP contribution in [0.2, 0.25) is 0 Å². The average Bonchev–Trinajstić information content (AvgIpc) is 2.52. The molecule has 1 heterocycles. The van der Waals surface area contributed by atoms with Crippen molar-refractivity contribution < 1.29 is 15.3 Å². The van der Waals surface area contributed by atoms with E-state index in [9.17, 15) is 10.2 Å². The molecule has 82 valence electrons. The summed E-state index contributed by atoms with van der Waals surface area (Å²) in [4.78, 5) is -0.637. The van der Waals surface area contributed by atoms with Crippen molar-refractivity contribution in [1.82, 2.24) is 5.32 Å². The van der Waals surface area contributed by atoms with E-state index in [0.29, 0.717) is 19.3 Å². The Bertz CT molecular complexity index is 208. The van der Waals surface area contributed by atoms with Crippen LogP contribution in [0.1, 0.15) is 19.3 Å². The first kappa shape index (κ1) is 10.7. The van der Waals surface area contributed by atoms with Crippen molar-refractivity contribution in [1.29, 1.82) is 0 Å². The summed E-state index contributed by atoms with van der Waals surface area (Å²) in [6.45, 7) is -0.0808. The average molecular weight is 219 g/mol. The molecule has 1 aliphatic heterocycles. The summed E-state index contributed by atoms with van der Waals surface area (Å²) in [5.41, 5.74) is 0. The van der Waals surface area contributed by atoms with Crippen LogP contribution in [0.4, 0.5) is 0 Å². The Morgan fingerprint density at radius 2 is 1.93 bits per heavy atom. The van der Waals surface area contributed by atoms with Crippen LogP contribution in [-0.2, 0) is 0 Å². The Balaban J connectivity index is 2.13. The van der Waals surface area contributed by atoms with Gasteiger partial charge in [0.1, 0.15) is 0 Å². The fourth-order valence-electron chi connectivity index (χ4n) is 2.60. The third kappa shape index (κ3) is 1.67. The molecule has 0 spiro atoms. The third-order valence-electron chi connectivity index (χ3n) is 3.40. The van der Waals surface area contributed by atoms with Gasteiger partial charge in [-0.1, -0.05) is 0 Å². The number of thiol groups is 1. The van der Waals surface area contributed by atoms with Crippen molar-refractivity contribution in [3.63, 3.8) is 0 Å². The SMILES string of the molecule is OCC1(S)CC2C(O)CCC(O)C2N1. The smallest absolute Gasteiger partial charge is 0.0857 e. The molecule has 14 heavy (non-hydrogen) atoms. The van der Waals surface area contributed by atoms with Gasteiger partial charge in [0.25, 0.3) is 0 Å². The van der Waals surface area contributed by atoms with Gasteiger partial charge in [-0.3, -0.25) is 5.32 Å². The van der Waals surface area contributed by atoms with Crippen LogP contribution < -0.4 is 5.32 Å². The third-order valence-corrected chi connectivity index (χ3v) is 3.85. The molecule has 0 aromatic rings. The molecular formula is C9H17NO3S. The second-order valence-corrected chi connectivity index (χ2v) is 5.30. The maximum absolute atomic E-state index is 9.76. The predicted octanol–water partition coefficient (Wildman–Crippen LogP) is -0.902. The number of aliphatic hydroxyl groups is 3. The first-order valence-electron chi connectivity index (χ1n) is 5.03. The van der Waals surface area contributed by atoms with E-state index >= 15 is 0 Å². The Hall–Kier alpha value is 0.190. The highest BCUT2D eigenvalue weighted by Gasteiger charge is 2.49. The second-order valence-electron chi connectivity index (χ2n) is 4.44. The zero-order valence-corrected chi connectivity index (χ0v) is 8.82. The summed E-state index contributed by atoms with van der Waals surface area (Å²) < 4.78 is 0. The monoisotopic (exact) mass is 219 g/mol. The molecule has 5 atom stereocenters. The lowest BCUT2D eigenvalue weighted by atomic mass is 9.81. The van der Waals surface area contributed by atoms with E-state index in [1.54, 1.807) is 0 Å². The van der Waals surface area contributed by atoms with Crippen molar-refractivity contribution in [2.24, 2.45) is 5.92 Å². The van der Waals surface area contributed by atoms with Crippen LogP contribution in [0.15, 0.2) is 0 Å². The first-order valence-corrected chi connectivity index (χ1v) is 5.47. The fourth-order valence-corrected chi connectivity index (χ4v) is 2.96. The number of fused-ring (bicyclic) bond motifs is 1. The molecule has 2 fully saturated rings. The molecule has 0 radical (unpaired) electrons. The van der Waals surface area contributed by atoms with Gasteiger partial charge in [-0.15, -0.1) is 0 Å². The van der Waals surface area contributed by atoms with Gasteiger partial charge >= 0.3 is 0 Å². The maximum atomic E-state index is 9.76. The predicted molar refractivity (Wildman–Crippen MR) is 55.1 cm³/mol. The van der Waals surface area contributed by atoms with Gasteiger partial charge in [0, 0.05) is 12.0 Å². The van der Waals surface area contributed by atoms with Gasteiger partial charge in [0.2, 0.25) is 0 Å². The van der Waals surface area contributed by atoms with Crippen molar-refractivity contribution in [3.05, 3.63) is 0 Å². The molecule has 1 saturated carbocycles. The van der Waals surface area contributed by atoms with E-state index in [1.807, 2.05) is 0 Å². The lowest BCUT2D eigenvalue weighted by Crippen LogP contribution is -2.50. The summed E-state index contributed by atoms with van der Waals surface area (Å²) in [7, 11) is 0. The van der Waals surface area contributed by atoms with E-state index in [0.717, 1.165) is 0 Å². The van der Waals surface area contributed by atoms with E-state index in [4.69, 9.17) is 5.11 Å². The molecule has 1 aliphatic carbocycles. The molecule has 0 bridgehead atoms. The summed E-state index contributed by atoms with van der Waals surface area (Å²) in [5, 5.41) is 31.7. The maximum Gasteiger partial charge on any atom is 0.0857 e. The van der Waals surface area contributed by atoms with E-state index in [1.165, 1.54) is 0 Å². The number of aliphatic hydroxyl groups excluding tert-OH is 3. The van der Waals surface area contributed by atoms with Crippen LogP contribution in [0, 0.1) is 5.92 Å². The Morgan fingerprint density at radius 1 is 1.29 bits per heavy atom. The first-order chi connectivity index (χ1) is 6.56. The second kappa shape index (κ2) is 3.64. The van der Waals surface area contributed by atoms with Gasteiger partial charge < -0.3 is 15.3 Å². The van der Waals surface area contributed by atoms with Crippen LogP contribution in [-0.4, -0.2) is 45.0 Å². The normalized spacial score (nSPS) is 53.1. The molecule has 4 N–H and O–H groups in total. The van der Waals surface area contributed by atoms with Gasteiger partial charge in [-0.2, -0.15) is 12.6 Å². The topological polar surface area (TPSA) is 72.7 Å². The van der Waals surface area contributed by atoms with Gasteiger partial charge in [0.15, 0.2) is 0 Å². The van der Waals surface area contributed by atoms with E-state index in [-0.39, 0.29) is 24.7 Å². The van der Waals surface area contributed by atoms with Crippen LogP contribution in [0.25, 0.3) is 0 Å². The molecule has 0 aromatic carbocycles. The number of nitrogens with one attached hydrogen (secondary N) is 1. The molecule has 5 heteroatoms. The minimum absolute atomic E-state index is 0.0170. The standard InChI is InChI=1S/C9H17NO3S/c11-4-9(14)3-5-6(12)1-2-7(13)8(5)10-9/h5-8,10-14H,1-4H2. The molecule has 1 saturated heterocycles. The number of rotatable bonds is 1. The Morgan fingerprint density at radius 3 is 2.50 bits per heavy atom. The largest absolute Gasteiger partial charge is 0.394 e. The van der Waals surface area contributed by atoms with Crippen LogP contribution in [0.5, 0.6) is 0 Å². The number of hydrogen-bond acceptors (Lipinski definition) is 5. The van der Waals surface area contributed by atoms with Crippen molar-refractivity contribution in [2.75, 3.05) is 6.61 Å². The highest BCUT2D eigenvalue weighted by atomic mass is 32.1. The Labute approximate surface area is 88.7 Å². The molecule has 2 aliphatic rings. The highest BCUT2D eigenvalue weighted by Crippen LogP contribution is 2.39. The number of hydrogen-bond donors (Lipinski definition) is 5. The van der Waals surface area contributed by atoms with Gasteiger partial charge in [-0.05, 0) is 19.3 Å². The molecule has 4 nitrogen and oxygen atoms in total. The van der Waals surface area contributed by atoms with Gasteiger partial charge in [-0.25, -0.2) is 0 Å². The Kier molecular flexibility index (Phi) is 2.79. The highest BCUT2D eigenvalue weighted by molar-refractivity contribution is 7.81. The summed E-state index contributed by atoms with van der Waals surface area (Å²) >= 11 is 4.33. The summed E-state index contributed by atoms with van der Waals surface area (Å²) in [5.74, 6) is 0.0170. The molecule has 0 aromatic heterocycles. The van der Waals surface area contributed by atoms with E-state index in [2.05, 4.69) is 17.9 Å². The molecular weight excluding hydrogens is 202 g/mol. The fraction of sp³-hybridized carbons (Fsp3) is 1.00. The van der Waals surface area contributed by atoms with Crippen molar-refractivity contribution in [3.8, 4) is 0 Å². The van der Waals surface area contributed by atoms with E-state index < -0.39 is 11.0 Å². The molecule has 2 rings (SSSR count). The molecule has 0 amide bonds. The lowest BCUT2D eigenvalue weighted by Gasteiger charge is -2.33. The summed E-state index contributed by atoms with van der Waals surface area (Å²) in [6.07, 6.45) is 1.06. The zero-order valence-electron chi connectivity index (χ0n) is 7.93. The van der Waals surface area contributed by atoms with Crippen molar-refractivity contribution in [2.45, 2.75) is 42.4 Å². The lowest BCUT2D eigenvalue weighted by molar-refractivity contribution is -0.00455. The minimum atomic E-state index is -0.637. The quantitative estimate of drug-likeness (QED) is 0.371. The van der Waals surface area contributed by atoms with Crippen LogP contribution in [0.3, 0.4) is 0 Å². The summed E-state index contributed by atoms with van der Waals surface area (Å²) in [6, 6.07) is -0.122. The van der Waals surface area contributed by atoms with Gasteiger partial charge in [0.05, 0.1) is 23.7 Å². The minimum Gasteiger partial charge on any atom is -0.394 e. The molecule has 5 unspecified atom stereocenters. The van der Waals surface area contributed by atoms with Crippen molar-refractivity contribution >= 4 is 12.6 Å². The zero-order chi connectivity index (χ0) is 10.3. The van der Waals surface area contributed by atoms with Crippen LogP contribution >= 0.6 is 12.6 Å².